The van der Waals surface area contributed by atoms with Gasteiger partial charge in [-0.25, -0.2) is 4.98 Å². The molecule has 0 unspecified atom stereocenters. The first-order chi connectivity index (χ1) is 11.8. The lowest BCUT2D eigenvalue weighted by Gasteiger charge is -2.11. The van der Waals surface area contributed by atoms with Gasteiger partial charge in [-0.1, -0.05) is 12.1 Å². The van der Waals surface area contributed by atoms with Crippen molar-refractivity contribution in [3.05, 3.63) is 54.4 Å². The summed E-state index contributed by atoms with van der Waals surface area (Å²) in [5.41, 5.74) is 3.62. The van der Waals surface area contributed by atoms with Crippen LogP contribution in [-0.2, 0) is 4.74 Å². The van der Waals surface area contributed by atoms with E-state index < -0.39 is 0 Å². The maximum absolute atomic E-state index is 12.2. The van der Waals surface area contributed by atoms with Crippen molar-refractivity contribution in [2.24, 2.45) is 0 Å². The zero-order chi connectivity index (χ0) is 16.4. The van der Waals surface area contributed by atoms with Gasteiger partial charge >= 0.3 is 0 Å². The maximum Gasteiger partial charge on any atom is 0.251 e. The molecule has 1 atom stereocenters. The van der Waals surface area contributed by atoms with Crippen molar-refractivity contribution in [2.75, 3.05) is 13.2 Å². The molecule has 0 bridgehead atoms. The van der Waals surface area contributed by atoms with Crippen LogP contribution in [0.5, 0.6) is 0 Å². The summed E-state index contributed by atoms with van der Waals surface area (Å²) in [5.74, 6) is -0.0590. The van der Waals surface area contributed by atoms with E-state index in [0.29, 0.717) is 12.1 Å². The Labute approximate surface area is 140 Å². The first-order valence-electron chi connectivity index (χ1n) is 8.23. The number of ether oxygens (including phenoxy) is 1. The van der Waals surface area contributed by atoms with Crippen molar-refractivity contribution in [2.45, 2.75) is 18.9 Å². The fourth-order valence-corrected chi connectivity index (χ4v) is 3.03. The molecule has 1 fully saturated rings. The molecule has 4 rings (SSSR count). The summed E-state index contributed by atoms with van der Waals surface area (Å²) in [6, 6.07) is 11.7. The van der Waals surface area contributed by atoms with Crippen molar-refractivity contribution >= 4 is 16.9 Å². The molecule has 3 aromatic rings. The van der Waals surface area contributed by atoms with Gasteiger partial charge in [0.05, 0.1) is 6.10 Å². The zero-order valence-corrected chi connectivity index (χ0v) is 13.3. The van der Waals surface area contributed by atoms with Crippen LogP contribution in [0.2, 0.25) is 0 Å². The average molecular weight is 321 g/mol. The summed E-state index contributed by atoms with van der Waals surface area (Å²) >= 11 is 0. The highest BCUT2D eigenvalue weighted by molar-refractivity contribution is 5.94. The molecule has 5 heteroatoms. The average Bonchev–Trinajstić information content (AvgIpc) is 3.30. The molecule has 3 heterocycles. The third-order valence-electron chi connectivity index (χ3n) is 4.39. The Morgan fingerprint density at radius 3 is 2.92 bits per heavy atom. The number of carbonyl (C=O) groups excluding carboxylic acids is 1. The Morgan fingerprint density at radius 1 is 1.25 bits per heavy atom. The fraction of sp³-hybridized carbons (Fsp3) is 0.263. The molecule has 1 saturated heterocycles. The van der Waals surface area contributed by atoms with Crippen molar-refractivity contribution in [3.63, 3.8) is 0 Å². The summed E-state index contributed by atoms with van der Waals surface area (Å²) in [7, 11) is 0. The molecular weight excluding hydrogens is 302 g/mol. The molecular formula is C19H19N3O2. The van der Waals surface area contributed by atoms with E-state index in [1.165, 1.54) is 0 Å². The van der Waals surface area contributed by atoms with Crippen LogP contribution < -0.4 is 5.32 Å². The van der Waals surface area contributed by atoms with Gasteiger partial charge in [0.25, 0.3) is 5.91 Å². The fourth-order valence-electron chi connectivity index (χ4n) is 3.03. The maximum atomic E-state index is 12.2. The number of carbonyl (C=O) groups is 1. The smallest absolute Gasteiger partial charge is 0.251 e. The van der Waals surface area contributed by atoms with Crippen molar-refractivity contribution in [3.8, 4) is 11.1 Å². The van der Waals surface area contributed by atoms with Crippen molar-refractivity contribution < 1.29 is 9.53 Å². The minimum atomic E-state index is -0.0590. The minimum Gasteiger partial charge on any atom is -0.376 e. The number of aromatic amines is 1. The lowest BCUT2D eigenvalue weighted by atomic mass is 10.0. The highest BCUT2D eigenvalue weighted by atomic mass is 16.5. The number of amides is 1. The van der Waals surface area contributed by atoms with E-state index in [1.54, 1.807) is 0 Å². The van der Waals surface area contributed by atoms with Gasteiger partial charge < -0.3 is 15.0 Å². The van der Waals surface area contributed by atoms with Gasteiger partial charge in [-0.3, -0.25) is 4.79 Å². The Kier molecular flexibility index (Phi) is 4.01. The number of nitrogens with one attached hydrogen (secondary N) is 2. The van der Waals surface area contributed by atoms with Gasteiger partial charge in [0.2, 0.25) is 0 Å². The molecule has 122 valence electrons. The number of H-pyrrole nitrogens is 1. The summed E-state index contributed by atoms with van der Waals surface area (Å²) in [6.07, 6.45) is 5.98. The SMILES string of the molecule is O=C(NC[C@@H]1CCCO1)c1ccc(-c2cnc3[nH]ccc3c2)cc1. The minimum absolute atomic E-state index is 0.0590. The van der Waals surface area contributed by atoms with Crippen LogP contribution in [0.1, 0.15) is 23.2 Å². The molecule has 2 N–H and O–H groups in total. The highest BCUT2D eigenvalue weighted by Crippen LogP contribution is 2.22. The lowest BCUT2D eigenvalue weighted by Crippen LogP contribution is -2.31. The Hall–Kier alpha value is -2.66. The van der Waals surface area contributed by atoms with Gasteiger partial charge in [0, 0.05) is 42.1 Å². The summed E-state index contributed by atoms with van der Waals surface area (Å²) in [6.45, 7) is 1.38. The Bertz CT molecular complexity index is 848. The van der Waals surface area contributed by atoms with Gasteiger partial charge in [0.15, 0.2) is 0 Å². The van der Waals surface area contributed by atoms with E-state index in [0.717, 1.165) is 41.6 Å². The van der Waals surface area contributed by atoms with Crippen molar-refractivity contribution in [1.29, 1.82) is 0 Å². The zero-order valence-electron chi connectivity index (χ0n) is 13.3. The molecule has 1 aromatic carbocycles. The molecule has 0 spiro atoms. The van der Waals surface area contributed by atoms with Gasteiger partial charge in [-0.05, 0) is 42.7 Å². The number of aromatic nitrogens is 2. The van der Waals surface area contributed by atoms with Crippen LogP contribution in [0.4, 0.5) is 0 Å². The summed E-state index contributed by atoms with van der Waals surface area (Å²) in [4.78, 5) is 19.7. The number of hydrogen-bond donors (Lipinski definition) is 2. The Morgan fingerprint density at radius 2 is 2.12 bits per heavy atom. The largest absolute Gasteiger partial charge is 0.376 e. The van der Waals surface area contributed by atoms with E-state index in [4.69, 9.17) is 4.74 Å². The van der Waals surface area contributed by atoms with Crippen LogP contribution in [0.3, 0.4) is 0 Å². The van der Waals surface area contributed by atoms with Crippen LogP contribution in [-0.4, -0.2) is 35.1 Å². The number of rotatable bonds is 4. The predicted molar refractivity (Wildman–Crippen MR) is 92.8 cm³/mol. The van der Waals surface area contributed by atoms with Gasteiger partial charge in [-0.15, -0.1) is 0 Å². The number of pyridine rings is 1. The van der Waals surface area contributed by atoms with E-state index in [-0.39, 0.29) is 12.0 Å². The third kappa shape index (κ3) is 3.03. The van der Waals surface area contributed by atoms with Crippen LogP contribution in [0.15, 0.2) is 48.8 Å². The van der Waals surface area contributed by atoms with Crippen molar-refractivity contribution in [1.82, 2.24) is 15.3 Å². The second-order valence-electron chi connectivity index (χ2n) is 6.06. The quantitative estimate of drug-likeness (QED) is 0.776. The topological polar surface area (TPSA) is 67.0 Å². The third-order valence-corrected chi connectivity index (χ3v) is 4.39. The molecule has 24 heavy (non-hydrogen) atoms. The monoisotopic (exact) mass is 321 g/mol. The molecule has 1 aliphatic rings. The van der Waals surface area contributed by atoms with Crippen LogP contribution in [0.25, 0.3) is 22.2 Å². The highest BCUT2D eigenvalue weighted by Gasteiger charge is 2.16. The van der Waals surface area contributed by atoms with Crippen LogP contribution >= 0.6 is 0 Å². The number of hydrogen-bond acceptors (Lipinski definition) is 3. The summed E-state index contributed by atoms with van der Waals surface area (Å²) < 4.78 is 5.52. The molecule has 1 aliphatic heterocycles. The second kappa shape index (κ2) is 6.45. The predicted octanol–water partition coefficient (Wildman–Crippen LogP) is 3.14. The molecule has 0 saturated carbocycles. The van der Waals surface area contributed by atoms with E-state index in [9.17, 15) is 4.79 Å². The first-order valence-corrected chi connectivity index (χ1v) is 8.23. The second-order valence-corrected chi connectivity index (χ2v) is 6.06. The lowest BCUT2D eigenvalue weighted by molar-refractivity contribution is 0.0858. The molecule has 0 radical (unpaired) electrons. The summed E-state index contributed by atoms with van der Waals surface area (Å²) in [5, 5.41) is 4.02. The van der Waals surface area contributed by atoms with E-state index in [2.05, 4.69) is 21.4 Å². The van der Waals surface area contributed by atoms with Gasteiger partial charge in [-0.2, -0.15) is 0 Å². The van der Waals surface area contributed by atoms with E-state index in [1.807, 2.05) is 42.7 Å². The molecule has 0 aliphatic carbocycles. The number of fused-ring (bicyclic) bond motifs is 1. The van der Waals surface area contributed by atoms with E-state index >= 15 is 0 Å². The van der Waals surface area contributed by atoms with Gasteiger partial charge in [0.1, 0.15) is 5.65 Å². The molecule has 5 nitrogen and oxygen atoms in total. The molecule has 1 amide bonds. The normalized spacial score (nSPS) is 17.2. The number of nitrogens with zero attached hydrogens (tertiary/aromatic N) is 1. The molecule has 2 aromatic heterocycles. The first kappa shape index (κ1) is 14.9. The Balaban J connectivity index is 1.46. The van der Waals surface area contributed by atoms with Crippen LogP contribution in [0, 0.1) is 0 Å². The number of benzene rings is 1. The standard InChI is InChI=1S/C19H19N3O2/c23-19(22-12-17-2-1-9-24-17)14-5-3-13(4-6-14)16-10-15-7-8-20-18(15)21-11-16/h3-8,10-11,17H,1-2,9,12H2,(H,20,21)(H,22,23)/t17-/m0/s1.